The van der Waals surface area contributed by atoms with Crippen molar-refractivity contribution in [1.82, 2.24) is 30.8 Å². The first-order chi connectivity index (χ1) is 18.1. The molecule has 3 fully saturated rings. The number of carbonyl (C=O) groups excluding carboxylic acids is 3. The maximum atomic E-state index is 13.7. The van der Waals surface area contributed by atoms with Gasteiger partial charge in [-0.25, -0.2) is 9.80 Å². The third kappa shape index (κ3) is 4.62. The number of carbonyl (C=O) groups is 3. The van der Waals surface area contributed by atoms with Crippen LogP contribution in [-0.2, 0) is 9.53 Å². The van der Waals surface area contributed by atoms with E-state index >= 15 is 0 Å². The number of morpholine rings is 1. The summed E-state index contributed by atoms with van der Waals surface area (Å²) in [6, 6.07) is 5.05. The van der Waals surface area contributed by atoms with Gasteiger partial charge in [-0.3, -0.25) is 20.1 Å². The second-order valence-electron chi connectivity index (χ2n) is 10.2. The number of hydrogen-bond acceptors (Lipinski definition) is 7. The van der Waals surface area contributed by atoms with E-state index in [1.807, 2.05) is 17.0 Å². The smallest absolute Gasteiger partial charge is 0.333 e. The Kier molecular flexibility index (Phi) is 6.66. The van der Waals surface area contributed by atoms with Gasteiger partial charge in [0.2, 0.25) is 5.91 Å². The Bertz CT molecular complexity index is 1190. The predicted molar refractivity (Wildman–Crippen MR) is 136 cm³/mol. The van der Waals surface area contributed by atoms with Gasteiger partial charge in [-0.05, 0) is 38.3 Å². The molecule has 1 aromatic carbocycles. The van der Waals surface area contributed by atoms with E-state index in [9.17, 15) is 14.4 Å². The van der Waals surface area contributed by atoms with Crippen molar-refractivity contribution in [2.45, 2.75) is 31.6 Å². The highest BCUT2D eigenvalue weighted by Crippen LogP contribution is 2.43. The fraction of sp³-hybridized carbons (Fsp3) is 0.538. The van der Waals surface area contributed by atoms with Crippen molar-refractivity contribution in [1.29, 1.82) is 0 Å². The minimum atomic E-state index is -0.389. The average Bonchev–Trinajstić information content (AvgIpc) is 3.49. The second-order valence-corrected chi connectivity index (χ2v) is 10.2. The summed E-state index contributed by atoms with van der Waals surface area (Å²) in [6.45, 7) is 5.47. The largest absolute Gasteiger partial charge is 0.379 e. The average molecular weight is 508 g/mol. The lowest BCUT2D eigenvalue weighted by atomic mass is 9.89. The number of hydrogen-bond donors (Lipinski definition) is 4. The Morgan fingerprint density at radius 1 is 1.05 bits per heavy atom. The van der Waals surface area contributed by atoms with Crippen molar-refractivity contribution in [3.8, 4) is 11.3 Å². The molecule has 1 atom stereocenters. The molecule has 0 bridgehead atoms. The van der Waals surface area contributed by atoms with Crippen molar-refractivity contribution >= 4 is 23.4 Å². The summed E-state index contributed by atoms with van der Waals surface area (Å²) >= 11 is 0. The van der Waals surface area contributed by atoms with Gasteiger partial charge in [-0.15, -0.1) is 0 Å². The zero-order valence-corrected chi connectivity index (χ0v) is 20.8. The summed E-state index contributed by atoms with van der Waals surface area (Å²) in [5.74, 6) is 0.325. The number of aromatic amines is 1. The highest BCUT2D eigenvalue weighted by Gasteiger charge is 2.38. The third-order valence-corrected chi connectivity index (χ3v) is 7.95. The Morgan fingerprint density at radius 2 is 1.86 bits per heavy atom. The molecule has 0 radical (unpaired) electrons. The lowest BCUT2D eigenvalue weighted by Crippen LogP contribution is -2.49. The van der Waals surface area contributed by atoms with Gasteiger partial charge in [-0.2, -0.15) is 5.10 Å². The van der Waals surface area contributed by atoms with Crippen molar-refractivity contribution in [3.05, 3.63) is 35.0 Å². The number of piperidine rings is 2. The molecule has 11 heteroatoms. The molecule has 3 saturated heterocycles. The van der Waals surface area contributed by atoms with Gasteiger partial charge in [0.1, 0.15) is 5.69 Å². The van der Waals surface area contributed by atoms with Crippen LogP contribution in [0.5, 0.6) is 0 Å². The molecule has 0 saturated carbocycles. The lowest BCUT2D eigenvalue weighted by Gasteiger charge is -2.35. The SMILES string of the molecule is O=C(Nc1cccc2c1C(=O)c1c-2n[nH]c1C1CCN(C(=O)C2CCCNC2)CC1)NN1CCOCC1. The topological polar surface area (TPSA) is 132 Å². The van der Waals surface area contributed by atoms with Crippen LogP contribution < -0.4 is 16.1 Å². The van der Waals surface area contributed by atoms with Crippen LogP contribution in [0.1, 0.15) is 53.2 Å². The number of urea groups is 1. The zero-order valence-electron chi connectivity index (χ0n) is 20.8. The number of nitrogens with one attached hydrogen (secondary N) is 4. The molecule has 3 aliphatic heterocycles. The summed E-state index contributed by atoms with van der Waals surface area (Å²) in [6.07, 6.45) is 3.57. The van der Waals surface area contributed by atoms with E-state index in [0.29, 0.717) is 61.9 Å². The summed E-state index contributed by atoms with van der Waals surface area (Å²) in [5.41, 5.74) is 6.57. The predicted octanol–water partition coefficient (Wildman–Crippen LogP) is 1.70. The number of nitrogens with zero attached hydrogens (tertiary/aromatic N) is 3. The minimum absolute atomic E-state index is 0.0733. The van der Waals surface area contributed by atoms with Crippen LogP contribution in [0.3, 0.4) is 0 Å². The molecule has 1 aliphatic carbocycles. The quantitative estimate of drug-likeness (QED) is 0.423. The van der Waals surface area contributed by atoms with Gasteiger partial charge in [-0.1, -0.05) is 12.1 Å². The van der Waals surface area contributed by atoms with E-state index in [4.69, 9.17) is 4.74 Å². The lowest BCUT2D eigenvalue weighted by molar-refractivity contribution is -0.137. The Morgan fingerprint density at radius 3 is 2.62 bits per heavy atom. The fourth-order valence-corrected chi connectivity index (χ4v) is 5.98. The number of amides is 3. The molecule has 6 rings (SSSR count). The molecule has 3 amide bonds. The van der Waals surface area contributed by atoms with Crippen molar-refractivity contribution in [2.75, 3.05) is 57.8 Å². The molecule has 1 unspecified atom stereocenters. The number of anilines is 1. The first-order valence-corrected chi connectivity index (χ1v) is 13.3. The minimum Gasteiger partial charge on any atom is -0.379 e. The van der Waals surface area contributed by atoms with Gasteiger partial charge in [0.15, 0.2) is 5.78 Å². The molecule has 0 spiro atoms. The standard InChI is InChI=1S/C26H33N7O4/c34-24-20-18(4-1-5-19(20)28-26(36)31-33-11-13-37-14-12-33)23-21(24)22(29-30-23)16-6-9-32(10-7-16)25(35)17-3-2-8-27-15-17/h1,4-5,16-17,27H,2-3,6-15H2,(H,29,30)(H2,28,31,36). The summed E-state index contributed by atoms with van der Waals surface area (Å²) in [5, 5.41) is 15.6. The molecule has 2 aromatic rings. The number of hydrazine groups is 1. The van der Waals surface area contributed by atoms with E-state index in [1.54, 1.807) is 11.1 Å². The van der Waals surface area contributed by atoms with Crippen LogP contribution >= 0.6 is 0 Å². The van der Waals surface area contributed by atoms with E-state index in [-0.39, 0.29) is 29.6 Å². The summed E-state index contributed by atoms with van der Waals surface area (Å²) in [4.78, 5) is 41.2. The Labute approximate surface area is 215 Å². The molecule has 11 nitrogen and oxygen atoms in total. The zero-order chi connectivity index (χ0) is 25.4. The highest BCUT2D eigenvalue weighted by molar-refractivity contribution is 6.25. The normalized spacial score (nSPS) is 22.4. The molecule has 4 heterocycles. The Balaban J connectivity index is 1.14. The van der Waals surface area contributed by atoms with Crippen LogP contribution in [-0.4, -0.2) is 90.3 Å². The number of rotatable bonds is 4. The van der Waals surface area contributed by atoms with E-state index in [1.165, 1.54) is 0 Å². The van der Waals surface area contributed by atoms with Gasteiger partial charge in [0.05, 0.1) is 41.6 Å². The summed E-state index contributed by atoms with van der Waals surface area (Å²) < 4.78 is 5.32. The second kappa shape index (κ2) is 10.2. The molecular weight excluding hydrogens is 474 g/mol. The number of H-pyrrole nitrogens is 1. The number of ketones is 1. The highest BCUT2D eigenvalue weighted by atomic mass is 16.5. The molecular formula is C26H33N7O4. The van der Waals surface area contributed by atoms with Gasteiger partial charge in [0.25, 0.3) is 0 Å². The van der Waals surface area contributed by atoms with E-state index < -0.39 is 0 Å². The first kappa shape index (κ1) is 24.1. The molecule has 1 aromatic heterocycles. The van der Waals surface area contributed by atoms with Gasteiger partial charge < -0.3 is 20.3 Å². The van der Waals surface area contributed by atoms with Gasteiger partial charge in [0, 0.05) is 44.2 Å². The van der Waals surface area contributed by atoms with Crippen molar-refractivity contribution < 1.29 is 19.1 Å². The molecule has 4 aliphatic rings. The molecule has 196 valence electrons. The maximum absolute atomic E-state index is 13.7. The number of fused-ring (bicyclic) bond motifs is 3. The van der Waals surface area contributed by atoms with Crippen LogP contribution in [0.4, 0.5) is 10.5 Å². The van der Waals surface area contributed by atoms with E-state index in [0.717, 1.165) is 50.0 Å². The Hall–Kier alpha value is -3.28. The monoisotopic (exact) mass is 507 g/mol. The van der Waals surface area contributed by atoms with Crippen molar-refractivity contribution in [2.24, 2.45) is 5.92 Å². The van der Waals surface area contributed by atoms with Crippen LogP contribution in [0.25, 0.3) is 11.3 Å². The number of ether oxygens (including phenoxy) is 1. The summed E-state index contributed by atoms with van der Waals surface area (Å²) in [7, 11) is 0. The third-order valence-electron chi connectivity index (χ3n) is 7.95. The number of aromatic nitrogens is 2. The van der Waals surface area contributed by atoms with Crippen molar-refractivity contribution in [3.63, 3.8) is 0 Å². The fourth-order valence-electron chi connectivity index (χ4n) is 5.98. The van der Waals surface area contributed by atoms with E-state index in [2.05, 4.69) is 26.3 Å². The number of benzene rings is 1. The first-order valence-electron chi connectivity index (χ1n) is 13.3. The van der Waals surface area contributed by atoms with Crippen LogP contribution in [0.2, 0.25) is 0 Å². The van der Waals surface area contributed by atoms with Gasteiger partial charge >= 0.3 is 6.03 Å². The maximum Gasteiger partial charge on any atom is 0.333 e. The van der Waals surface area contributed by atoms with Crippen LogP contribution in [0, 0.1) is 5.92 Å². The number of likely N-dealkylation sites (tertiary alicyclic amines) is 1. The molecule has 37 heavy (non-hydrogen) atoms. The molecule has 4 N–H and O–H groups in total. The van der Waals surface area contributed by atoms with Crippen LogP contribution in [0.15, 0.2) is 18.2 Å².